The first-order valence-electron chi connectivity index (χ1n) is 9.13. The summed E-state index contributed by atoms with van der Waals surface area (Å²) in [5.74, 6) is 1.95. The van der Waals surface area contributed by atoms with E-state index in [-0.39, 0.29) is 11.5 Å². The Labute approximate surface area is 149 Å². The number of ether oxygens (including phenoxy) is 1. The third-order valence-electron chi connectivity index (χ3n) is 4.52. The van der Waals surface area contributed by atoms with Crippen LogP contribution in [0.3, 0.4) is 0 Å². The number of nitrogens with one attached hydrogen (secondary N) is 1. The van der Waals surface area contributed by atoms with E-state index in [9.17, 15) is 4.79 Å². The molecule has 1 aliphatic heterocycles. The summed E-state index contributed by atoms with van der Waals surface area (Å²) in [5.41, 5.74) is 3.03. The lowest BCUT2D eigenvalue weighted by molar-refractivity contribution is 0.241. The third kappa shape index (κ3) is 4.28. The quantitative estimate of drug-likeness (QED) is 0.876. The summed E-state index contributed by atoms with van der Waals surface area (Å²) in [4.78, 5) is 22.3. The molecule has 0 bridgehead atoms. The molecule has 2 heterocycles. The molecule has 5 heteroatoms. The maximum Gasteiger partial charge on any atom is 0.255 e. The van der Waals surface area contributed by atoms with Gasteiger partial charge in [0.05, 0.1) is 17.9 Å². The highest BCUT2D eigenvalue weighted by Crippen LogP contribution is 2.19. The van der Waals surface area contributed by atoms with Crippen molar-refractivity contribution in [3.8, 4) is 5.75 Å². The first-order valence-corrected chi connectivity index (χ1v) is 9.13. The van der Waals surface area contributed by atoms with E-state index in [1.165, 1.54) is 5.56 Å². The number of benzene rings is 1. The molecular weight excluding hydrogens is 314 g/mol. The van der Waals surface area contributed by atoms with E-state index in [0.717, 1.165) is 55.4 Å². The van der Waals surface area contributed by atoms with Crippen molar-refractivity contribution in [3.63, 3.8) is 0 Å². The van der Waals surface area contributed by atoms with Crippen LogP contribution in [-0.2, 0) is 19.5 Å². The molecule has 1 aromatic carbocycles. The van der Waals surface area contributed by atoms with Gasteiger partial charge in [-0.05, 0) is 24.1 Å². The fourth-order valence-electron chi connectivity index (χ4n) is 3.08. The zero-order chi connectivity index (χ0) is 17.8. The van der Waals surface area contributed by atoms with Crippen molar-refractivity contribution in [2.75, 3.05) is 13.2 Å². The number of hydrogen-bond acceptors (Lipinski definition) is 4. The predicted molar refractivity (Wildman–Crippen MR) is 99.0 cm³/mol. The van der Waals surface area contributed by atoms with Gasteiger partial charge in [0.25, 0.3) is 5.56 Å². The van der Waals surface area contributed by atoms with E-state index < -0.39 is 0 Å². The van der Waals surface area contributed by atoms with Crippen LogP contribution in [0.1, 0.15) is 55.8 Å². The standard InChI is InChI=1S/C20H27N3O2/c1-4-11-25-16-7-5-15(6-8-16)12-23-10-9-18-17(13-23)20(24)22-19(21-18)14(2)3/h5-8,14H,4,9-13H2,1-3H3,(H,21,22,24). The number of hydrogen-bond donors (Lipinski definition) is 1. The summed E-state index contributed by atoms with van der Waals surface area (Å²) in [5, 5.41) is 0. The molecule has 0 radical (unpaired) electrons. The van der Waals surface area contributed by atoms with E-state index in [2.05, 4.69) is 33.9 Å². The van der Waals surface area contributed by atoms with E-state index in [4.69, 9.17) is 4.74 Å². The Morgan fingerprint density at radius 2 is 2.04 bits per heavy atom. The van der Waals surface area contributed by atoms with Gasteiger partial charge in [-0.15, -0.1) is 0 Å². The molecule has 0 spiro atoms. The van der Waals surface area contributed by atoms with Gasteiger partial charge in [0.1, 0.15) is 11.6 Å². The third-order valence-corrected chi connectivity index (χ3v) is 4.52. The number of aromatic nitrogens is 2. The summed E-state index contributed by atoms with van der Waals surface area (Å²) in [7, 11) is 0. The minimum Gasteiger partial charge on any atom is -0.494 e. The van der Waals surface area contributed by atoms with Crippen molar-refractivity contribution >= 4 is 0 Å². The minimum atomic E-state index is 0.0155. The molecule has 0 unspecified atom stereocenters. The zero-order valence-corrected chi connectivity index (χ0v) is 15.3. The van der Waals surface area contributed by atoms with Crippen LogP contribution in [0.2, 0.25) is 0 Å². The molecule has 2 aromatic rings. The Morgan fingerprint density at radius 3 is 2.72 bits per heavy atom. The molecule has 0 amide bonds. The van der Waals surface area contributed by atoms with Crippen molar-refractivity contribution in [1.29, 1.82) is 0 Å². The van der Waals surface area contributed by atoms with Gasteiger partial charge in [-0.3, -0.25) is 9.69 Å². The Kier molecular flexibility index (Phi) is 5.53. The normalized spacial score (nSPS) is 14.6. The molecule has 3 rings (SSSR count). The smallest absolute Gasteiger partial charge is 0.255 e. The van der Waals surface area contributed by atoms with Crippen LogP contribution in [0, 0.1) is 0 Å². The topological polar surface area (TPSA) is 58.2 Å². The van der Waals surface area contributed by atoms with Gasteiger partial charge in [-0.2, -0.15) is 0 Å². The fraction of sp³-hybridized carbons (Fsp3) is 0.500. The average Bonchev–Trinajstić information content (AvgIpc) is 2.61. The van der Waals surface area contributed by atoms with E-state index >= 15 is 0 Å². The van der Waals surface area contributed by atoms with Gasteiger partial charge >= 0.3 is 0 Å². The van der Waals surface area contributed by atoms with E-state index in [1.807, 2.05) is 26.0 Å². The maximum atomic E-state index is 12.4. The Balaban J connectivity index is 1.68. The van der Waals surface area contributed by atoms with Gasteiger partial charge in [-0.1, -0.05) is 32.9 Å². The molecule has 0 saturated carbocycles. The van der Waals surface area contributed by atoms with Crippen LogP contribution in [0.5, 0.6) is 5.75 Å². The highest BCUT2D eigenvalue weighted by atomic mass is 16.5. The average molecular weight is 341 g/mol. The minimum absolute atomic E-state index is 0.0155. The summed E-state index contributed by atoms with van der Waals surface area (Å²) in [6.07, 6.45) is 1.84. The second kappa shape index (κ2) is 7.83. The lowest BCUT2D eigenvalue weighted by Crippen LogP contribution is -2.35. The van der Waals surface area contributed by atoms with Gasteiger partial charge in [0.15, 0.2) is 0 Å². The number of aromatic amines is 1. The highest BCUT2D eigenvalue weighted by molar-refractivity contribution is 5.28. The first-order chi connectivity index (χ1) is 12.1. The second-order valence-electron chi connectivity index (χ2n) is 6.98. The predicted octanol–water partition coefficient (Wildman–Crippen LogP) is 3.24. The number of nitrogens with zero attached hydrogens (tertiary/aromatic N) is 2. The molecule has 5 nitrogen and oxygen atoms in total. The lowest BCUT2D eigenvalue weighted by Gasteiger charge is -2.28. The SMILES string of the molecule is CCCOc1ccc(CN2CCc3nc(C(C)C)[nH]c(=O)c3C2)cc1. The van der Waals surface area contributed by atoms with E-state index in [1.54, 1.807) is 0 Å². The van der Waals surface area contributed by atoms with Crippen molar-refractivity contribution in [2.24, 2.45) is 0 Å². The van der Waals surface area contributed by atoms with Crippen molar-refractivity contribution in [3.05, 3.63) is 57.3 Å². The molecule has 1 aromatic heterocycles. The zero-order valence-electron chi connectivity index (χ0n) is 15.3. The molecule has 0 aliphatic carbocycles. The Bertz CT molecular complexity index is 766. The fourth-order valence-corrected chi connectivity index (χ4v) is 3.08. The molecule has 25 heavy (non-hydrogen) atoms. The Hall–Kier alpha value is -2.14. The van der Waals surface area contributed by atoms with Crippen LogP contribution in [-0.4, -0.2) is 28.0 Å². The molecule has 0 fully saturated rings. The van der Waals surface area contributed by atoms with Crippen molar-refractivity contribution in [2.45, 2.75) is 52.6 Å². The van der Waals surface area contributed by atoms with Gasteiger partial charge in [0, 0.05) is 32.0 Å². The first kappa shape index (κ1) is 17.7. The van der Waals surface area contributed by atoms with E-state index in [0.29, 0.717) is 6.54 Å². The number of rotatable bonds is 6. The molecule has 0 saturated heterocycles. The molecule has 1 aliphatic rings. The Morgan fingerprint density at radius 1 is 1.28 bits per heavy atom. The summed E-state index contributed by atoms with van der Waals surface area (Å²) >= 11 is 0. The largest absolute Gasteiger partial charge is 0.494 e. The number of H-pyrrole nitrogens is 1. The number of fused-ring (bicyclic) bond motifs is 1. The van der Waals surface area contributed by atoms with Crippen molar-refractivity contribution in [1.82, 2.24) is 14.9 Å². The summed E-state index contributed by atoms with van der Waals surface area (Å²) in [6.45, 7) is 9.36. The van der Waals surface area contributed by atoms with Crippen LogP contribution in [0.15, 0.2) is 29.1 Å². The molecule has 134 valence electrons. The lowest BCUT2D eigenvalue weighted by atomic mass is 10.0. The van der Waals surface area contributed by atoms with Crippen molar-refractivity contribution < 1.29 is 4.74 Å². The van der Waals surface area contributed by atoms with Crippen LogP contribution >= 0.6 is 0 Å². The monoisotopic (exact) mass is 341 g/mol. The van der Waals surface area contributed by atoms with Crippen LogP contribution < -0.4 is 10.3 Å². The molecular formula is C20H27N3O2. The van der Waals surface area contributed by atoms with Gasteiger partial charge in [0.2, 0.25) is 0 Å². The molecule has 0 atom stereocenters. The summed E-state index contributed by atoms with van der Waals surface area (Å²) < 4.78 is 5.63. The van der Waals surface area contributed by atoms with Crippen LogP contribution in [0.4, 0.5) is 0 Å². The van der Waals surface area contributed by atoms with Gasteiger partial charge < -0.3 is 9.72 Å². The van der Waals surface area contributed by atoms with Crippen LogP contribution in [0.25, 0.3) is 0 Å². The highest BCUT2D eigenvalue weighted by Gasteiger charge is 2.21. The maximum absolute atomic E-state index is 12.4. The second-order valence-corrected chi connectivity index (χ2v) is 6.98. The van der Waals surface area contributed by atoms with Gasteiger partial charge in [-0.25, -0.2) is 4.98 Å². The molecule has 1 N–H and O–H groups in total. The summed E-state index contributed by atoms with van der Waals surface area (Å²) in [6, 6.07) is 8.24.